The molecule has 0 radical (unpaired) electrons. The second-order valence-electron chi connectivity index (χ2n) is 14.7. The Morgan fingerprint density at radius 3 is 0.667 bits per heavy atom. The molecule has 0 heterocycles. The van der Waals surface area contributed by atoms with E-state index in [0.717, 1.165) is 36.4 Å². The van der Waals surface area contributed by atoms with Gasteiger partial charge in [-0.2, -0.15) is 17.6 Å². The molecule has 7 aromatic carbocycles. The summed E-state index contributed by atoms with van der Waals surface area (Å²) in [5.74, 6) is -67.3. The van der Waals surface area contributed by atoms with Crippen molar-refractivity contribution in [3.63, 3.8) is 0 Å². The van der Waals surface area contributed by atoms with Crippen LogP contribution >= 0.6 is 0 Å². The number of phenols is 2. The molecule has 374 valence electrons. The minimum Gasteiger partial charge on any atom is -0.508 e. The first-order valence-corrected chi connectivity index (χ1v) is 19.4. The second-order valence-corrected chi connectivity index (χ2v) is 14.7. The SMILES string of the molecule is C=CCc1cc(Oc2c(F)c(F)c(-c3c(F)c(F)c(-c4c(F)c(F)c(-c5c(F)c(F)c(-c6c(F)c(F)c(Oc7ccc(O)c(CC=C)c7)c(F)c6F)c(F)c5F)c(F)c4F)c(F)c3F)c(F)c2F)ccc1O. The zero-order valence-electron chi connectivity index (χ0n) is 34.7. The molecule has 0 fully saturated rings. The van der Waals surface area contributed by atoms with E-state index in [1.165, 1.54) is 12.2 Å². The van der Waals surface area contributed by atoms with Crippen molar-refractivity contribution in [2.75, 3.05) is 0 Å². The summed E-state index contributed by atoms with van der Waals surface area (Å²) in [6, 6.07) is 5.15. The van der Waals surface area contributed by atoms with Crippen LogP contribution in [0.5, 0.6) is 34.5 Å². The normalized spacial score (nSPS) is 11.4. The summed E-state index contributed by atoms with van der Waals surface area (Å²) in [6.45, 7) is 6.76. The van der Waals surface area contributed by atoms with Crippen molar-refractivity contribution < 1.29 is 107 Å². The van der Waals surface area contributed by atoms with Crippen LogP contribution in [0.3, 0.4) is 0 Å². The highest BCUT2D eigenvalue weighted by Gasteiger charge is 2.41. The summed E-state index contributed by atoms with van der Waals surface area (Å²) >= 11 is 0. The molecule has 0 amide bonds. The molecule has 0 saturated carbocycles. The predicted molar refractivity (Wildman–Crippen MR) is 212 cm³/mol. The molecule has 2 N–H and O–H groups in total. The summed E-state index contributed by atoms with van der Waals surface area (Å²) in [5.41, 5.74) is -22.3. The van der Waals surface area contributed by atoms with E-state index < -0.39 is 195 Å². The Balaban J connectivity index is 1.34. The van der Waals surface area contributed by atoms with Gasteiger partial charge in [0.2, 0.25) is 34.8 Å². The molecule has 0 atom stereocenters. The maximum Gasteiger partial charge on any atom is 0.205 e. The van der Waals surface area contributed by atoms with Crippen LogP contribution < -0.4 is 9.47 Å². The standard InChI is InChI=1S/C48H18F20O4/c1-3-5-13-11-15(7-9-17(13)69)71-47-43(65)39(61)25(40(62)44(47)66)23-35(57)31(53)21(32(54)36(23)58)19-27(49)29(51)20(30(52)28(19)50)22-33(55)37(59)24(38(60)34(22)56)26-41(63)45(67)48(46(68)42(26)64)72-16-8-10-18(70)14(12-16)6-4-2/h3-4,7-12,69-70H,1-2,5-6H2. The third kappa shape index (κ3) is 8.12. The molecule has 0 bridgehead atoms. The molecule has 7 aromatic rings. The molecule has 24 heteroatoms. The van der Waals surface area contributed by atoms with Gasteiger partial charge in [0.15, 0.2) is 93.1 Å². The minimum absolute atomic E-state index is 0.0275. The number of rotatable bonds is 12. The summed E-state index contributed by atoms with van der Waals surface area (Å²) in [7, 11) is 0. The number of ether oxygens (including phenoxy) is 2. The van der Waals surface area contributed by atoms with Crippen molar-refractivity contribution in [3.05, 3.63) is 189 Å². The number of hydrogen-bond acceptors (Lipinski definition) is 4. The fourth-order valence-electron chi connectivity index (χ4n) is 7.18. The van der Waals surface area contributed by atoms with E-state index in [4.69, 9.17) is 9.47 Å². The fourth-order valence-corrected chi connectivity index (χ4v) is 7.18. The lowest BCUT2D eigenvalue weighted by molar-refractivity contribution is 0.366. The van der Waals surface area contributed by atoms with Gasteiger partial charge in [0, 0.05) is 11.1 Å². The Bertz CT molecular complexity index is 3130. The fraction of sp³-hybridized carbons (Fsp3) is 0.0417. The lowest BCUT2D eigenvalue weighted by Gasteiger charge is -2.19. The van der Waals surface area contributed by atoms with E-state index in [-0.39, 0.29) is 24.0 Å². The lowest BCUT2D eigenvalue weighted by atomic mass is 9.92. The summed E-state index contributed by atoms with van der Waals surface area (Å²) < 4.78 is 320. The molecule has 0 saturated heterocycles. The number of hydrogen-bond donors (Lipinski definition) is 2. The van der Waals surface area contributed by atoms with Crippen LogP contribution in [0.25, 0.3) is 44.5 Å². The first-order valence-electron chi connectivity index (χ1n) is 19.4. The number of phenolic OH excluding ortho intramolecular Hbond substituents is 2. The zero-order chi connectivity index (χ0) is 53.3. The van der Waals surface area contributed by atoms with Gasteiger partial charge in [-0.15, -0.1) is 13.2 Å². The number of halogens is 20. The van der Waals surface area contributed by atoms with Crippen LogP contribution in [0, 0.1) is 116 Å². The Labute approximate surface area is 388 Å². The highest BCUT2D eigenvalue weighted by Crippen LogP contribution is 2.48. The molecule has 4 nitrogen and oxygen atoms in total. The van der Waals surface area contributed by atoms with Gasteiger partial charge in [0.05, 0.1) is 44.5 Å². The van der Waals surface area contributed by atoms with Crippen molar-refractivity contribution in [2.24, 2.45) is 0 Å². The molecule has 72 heavy (non-hydrogen) atoms. The van der Waals surface area contributed by atoms with E-state index in [2.05, 4.69) is 13.2 Å². The Kier molecular flexibility index (Phi) is 13.8. The largest absolute Gasteiger partial charge is 0.508 e. The van der Waals surface area contributed by atoms with E-state index in [1.54, 1.807) is 0 Å². The average molecular weight is 1040 g/mol. The first-order chi connectivity index (χ1) is 33.8. The minimum atomic E-state index is -3.33. The highest BCUT2D eigenvalue weighted by molar-refractivity contribution is 5.80. The molecular weight excluding hydrogens is 1020 g/mol. The van der Waals surface area contributed by atoms with Gasteiger partial charge in [0.1, 0.15) is 23.0 Å². The summed E-state index contributed by atoms with van der Waals surface area (Å²) in [5, 5.41) is 19.8. The van der Waals surface area contributed by atoms with Crippen LogP contribution in [0.15, 0.2) is 61.7 Å². The monoisotopic (exact) mass is 1040 g/mol. The van der Waals surface area contributed by atoms with E-state index >= 15 is 87.8 Å². The smallest absolute Gasteiger partial charge is 0.205 e. The van der Waals surface area contributed by atoms with Gasteiger partial charge in [-0.05, 0) is 49.2 Å². The Morgan fingerprint density at radius 1 is 0.306 bits per heavy atom. The maximum atomic E-state index is 15.7. The topological polar surface area (TPSA) is 58.9 Å². The molecular formula is C48H18F20O4. The average Bonchev–Trinajstić information content (AvgIpc) is 3.34. The van der Waals surface area contributed by atoms with Crippen LogP contribution in [0.2, 0.25) is 0 Å². The lowest BCUT2D eigenvalue weighted by Crippen LogP contribution is -2.13. The Hall–Kier alpha value is -8.18. The van der Waals surface area contributed by atoms with Crippen LogP contribution in [-0.2, 0) is 12.8 Å². The zero-order valence-corrected chi connectivity index (χ0v) is 34.7. The quantitative estimate of drug-likeness (QED) is 0.0727. The predicted octanol–water partition coefficient (Wildman–Crippen LogP) is 15.6. The van der Waals surface area contributed by atoms with E-state index in [9.17, 15) is 10.2 Å². The second kappa shape index (κ2) is 19.2. The van der Waals surface area contributed by atoms with Crippen molar-refractivity contribution in [2.45, 2.75) is 12.8 Å². The molecule has 7 rings (SSSR count). The van der Waals surface area contributed by atoms with Gasteiger partial charge in [-0.1, -0.05) is 12.2 Å². The van der Waals surface area contributed by atoms with Crippen LogP contribution in [0.1, 0.15) is 11.1 Å². The van der Waals surface area contributed by atoms with E-state index in [1.807, 2.05) is 0 Å². The Morgan fingerprint density at radius 2 is 0.486 bits per heavy atom. The third-order valence-electron chi connectivity index (χ3n) is 10.5. The molecule has 0 aliphatic rings. The molecule has 0 aliphatic carbocycles. The highest BCUT2D eigenvalue weighted by atomic mass is 19.2. The number of allylic oxidation sites excluding steroid dienone is 2. The molecule has 0 unspecified atom stereocenters. The molecule has 0 spiro atoms. The van der Waals surface area contributed by atoms with Gasteiger partial charge in [-0.3, -0.25) is 0 Å². The maximum absolute atomic E-state index is 15.7. The number of benzene rings is 7. The van der Waals surface area contributed by atoms with Gasteiger partial charge >= 0.3 is 0 Å². The van der Waals surface area contributed by atoms with Gasteiger partial charge < -0.3 is 19.7 Å². The van der Waals surface area contributed by atoms with Gasteiger partial charge in [0.25, 0.3) is 0 Å². The molecule has 0 aliphatic heterocycles. The van der Waals surface area contributed by atoms with Gasteiger partial charge in [-0.25, -0.2) is 70.2 Å². The van der Waals surface area contributed by atoms with Crippen molar-refractivity contribution in [1.29, 1.82) is 0 Å². The first kappa shape index (κ1) is 51.7. The van der Waals surface area contributed by atoms with Crippen molar-refractivity contribution in [1.82, 2.24) is 0 Å². The van der Waals surface area contributed by atoms with Crippen molar-refractivity contribution in [3.8, 4) is 79.0 Å². The van der Waals surface area contributed by atoms with Crippen LogP contribution in [-0.4, -0.2) is 10.2 Å². The van der Waals surface area contributed by atoms with Crippen molar-refractivity contribution >= 4 is 0 Å². The van der Waals surface area contributed by atoms with Crippen LogP contribution in [0.4, 0.5) is 87.8 Å². The third-order valence-corrected chi connectivity index (χ3v) is 10.5. The van der Waals surface area contributed by atoms with E-state index in [0.29, 0.717) is 0 Å². The number of aromatic hydroxyl groups is 2. The summed E-state index contributed by atoms with van der Waals surface area (Å²) in [6.07, 6.45) is 2.24. The molecule has 0 aromatic heterocycles. The summed E-state index contributed by atoms with van der Waals surface area (Å²) in [4.78, 5) is 0.